The molecule has 376 valence electrons. The average molecular weight is 985 g/mol. The van der Waals surface area contributed by atoms with Crippen molar-refractivity contribution in [2.24, 2.45) is 0 Å². The van der Waals surface area contributed by atoms with E-state index in [4.69, 9.17) is 61.3 Å². The fourth-order valence-electron chi connectivity index (χ4n) is 7.85. The first kappa shape index (κ1) is 53.2. The number of carbonyl (C=O) groups is 10. The van der Waals surface area contributed by atoms with Crippen molar-refractivity contribution in [3.05, 3.63) is 51.7 Å². The quantitative estimate of drug-likeness (QED) is 0.127. The maximum absolute atomic E-state index is 14.9. The lowest BCUT2D eigenvalue weighted by Gasteiger charge is -2.45. The minimum absolute atomic E-state index is 0.0920. The summed E-state index contributed by atoms with van der Waals surface area (Å²) in [5, 5.41) is -0.666. The summed E-state index contributed by atoms with van der Waals surface area (Å²) in [6.07, 6.45) is -16.5. The maximum atomic E-state index is 14.9. The molecule has 24 heteroatoms. The molecular formula is C46H48O24. The van der Waals surface area contributed by atoms with Gasteiger partial charge < -0.3 is 61.3 Å². The largest absolute Gasteiger partial charge is 0.463 e. The Labute approximate surface area is 396 Å². The minimum Gasteiger partial charge on any atom is -0.463 e. The van der Waals surface area contributed by atoms with Crippen LogP contribution in [0.25, 0.3) is 22.3 Å². The van der Waals surface area contributed by atoms with E-state index in [1.54, 1.807) is 0 Å². The molecule has 9 atom stereocenters. The minimum atomic E-state index is -2.05. The first-order chi connectivity index (χ1) is 32.9. The maximum Gasteiger partial charge on any atom is 0.308 e. The first-order valence-corrected chi connectivity index (χ1v) is 21.1. The van der Waals surface area contributed by atoms with Gasteiger partial charge in [0, 0.05) is 80.9 Å². The fourth-order valence-corrected chi connectivity index (χ4v) is 7.85. The lowest BCUT2D eigenvalue weighted by atomic mass is 9.85. The number of rotatable bonds is 14. The molecule has 0 aliphatic carbocycles. The van der Waals surface area contributed by atoms with E-state index in [2.05, 4.69) is 0 Å². The summed E-state index contributed by atoms with van der Waals surface area (Å²) in [6.45, 7) is 8.46. The molecule has 0 saturated carbocycles. The molecular weight excluding hydrogens is 936 g/mol. The van der Waals surface area contributed by atoms with E-state index < -0.39 is 167 Å². The zero-order valence-electron chi connectivity index (χ0n) is 39.3. The van der Waals surface area contributed by atoms with Gasteiger partial charge in [0.2, 0.25) is 0 Å². The van der Waals surface area contributed by atoms with Crippen LogP contribution in [0.1, 0.15) is 92.6 Å². The summed E-state index contributed by atoms with van der Waals surface area (Å²) in [7, 11) is 0. The molecule has 0 amide bonds. The van der Waals surface area contributed by atoms with Crippen LogP contribution in [0.3, 0.4) is 0 Å². The third-order valence-corrected chi connectivity index (χ3v) is 9.96. The van der Waals surface area contributed by atoms with Crippen LogP contribution in [0, 0.1) is 0 Å². The average Bonchev–Trinajstić information content (AvgIpc) is 3.22. The summed E-state index contributed by atoms with van der Waals surface area (Å²) in [5.74, 6) is -11.5. The van der Waals surface area contributed by atoms with E-state index in [0.717, 1.165) is 68.4 Å². The number of carbonyl (C=O) groups excluding carboxylic acids is 10. The molecule has 70 heavy (non-hydrogen) atoms. The van der Waals surface area contributed by atoms with Crippen LogP contribution in [-0.4, -0.2) is 116 Å². The van der Waals surface area contributed by atoms with Gasteiger partial charge in [-0.2, -0.15) is 0 Å². The van der Waals surface area contributed by atoms with Gasteiger partial charge in [-0.25, -0.2) is 0 Å². The van der Waals surface area contributed by atoms with Crippen molar-refractivity contribution in [1.82, 2.24) is 0 Å². The lowest BCUT2D eigenvalue weighted by Crippen LogP contribution is -2.59. The van der Waals surface area contributed by atoms with Crippen LogP contribution in [-0.2, 0) is 90.6 Å². The lowest BCUT2D eigenvalue weighted by molar-refractivity contribution is -0.254. The Balaban J connectivity index is 2.06. The molecule has 5 rings (SSSR count). The predicted octanol–water partition coefficient (Wildman–Crippen LogP) is 2.90. The van der Waals surface area contributed by atoms with Gasteiger partial charge in [0.25, 0.3) is 0 Å². The molecule has 0 N–H and O–H groups in total. The van der Waals surface area contributed by atoms with Gasteiger partial charge >= 0.3 is 59.7 Å². The Hall–Kier alpha value is -7.73. The third-order valence-electron chi connectivity index (χ3n) is 9.96. The van der Waals surface area contributed by atoms with Crippen molar-refractivity contribution in [3.63, 3.8) is 0 Å². The number of benzene rings is 2. The fraction of sp³-hybridized carbons (Fsp3) is 0.457. The van der Waals surface area contributed by atoms with Gasteiger partial charge in [-0.1, -0.05) is 0 Å². The Morgan fingerprint density at radius 2 is 1.00 bits per heavy atom. The zero-order valence-corrected chi connectivity index (χ0v) is 39.3. The Bertz CT molecular complexity index is 2650. The molecule has 0 spiro atoms. The second-order valence-corrected chi connectivity index (χ2v) is 15.6. The molecule has 2 aliphatic rings. The molecule has 0 radical (unpaired) electrons. The van der Waals surface area contributed by atoms with Crippen molar-refractivity contribution in [2.75, 3.05) is 13.2 Å². The standard InChI is InChI=1S/C46H48O24/c1-18(47)58-16-33-38(63-22(5)51)45(67-26(9)55)46(68-27(10)56)43(70-33)36-40-34(30(57)15-31(69-40)28-11-13-29(14-12-28)60-19(2)48)39(64-23(6)52)35(41(36)65-24(7)53)42-44(66-25(8)54)37(62-21(4)50)32(17-59-42)61-20(3)49/h11-15,32-33,37-38,42-46H,16-17H2,1-10H3/t32-,33-,37-,38-,42+,43+,44-,45-,46+/m1/s1. The predicted molar refractivity (Wildman–Crippen MR) is 228 cm³/mol. The second kappa shape index (κ2) is 22.6. The zero-order chi connectivity index (χ0) is 51.9. The SMILES string of the molecule is CC(=O)OC[C@H]1O[C@@H](c2c(OC(C)=O)c([C@@H]3OC[C@@H](OC(C)=O)[C@@H](OC(C)=O)[C@H]3OC(C)=O)c(OC(C)=O)c3c(=O)cc(-c4ccc(OC(C)=O)cc4)oc23)[C@H](OC(C)=O)[C@H](OC(C)=O)[C@@H]1OC(C)=O. The van der Waals surface area contributed by atoms with Gasteiger partial charge in [-0.15, -0.1) is 0 Å². The highest BCUT2D eigenvalue weighted by molar-refractivity contribution is 5.95. The monoisotopic (exact) mass is 984 g/mol. The van der Waals surface area contributed by atoms with E-state index in [0.29, 0.717) is 0 Å². The van der Waals surface area contributed by atoms with Gasteiger partial charge in [0.15, 0.2) is 53.4 Å². The summed E-state index contributed by atoms with van der Waals surface area (Å²) >= 11 is 0. The van der Waals surface area contributed by atoms with Gasteiger partial charge in [0.1, 0.15) is 47.6 Å². The molecule has 2 saturated heterocycles. The Kier molecular flexibility index (Phi) is 17.2. The van der Waals surface area contributed by atoms with Crippen molar-refractivity contribution in [2.45, 2.75) is 124 Å². The third kappa shape index (κ3) is 12.9. The highest BCUT2D eigenvalue weighted by atomic mass is 16.7. The summed E-state index contributed by atoms with van der Waals surface area (Å²) < 4.78 is 75.1. The number of hydrogen-bond acceptors (Lipinski definition) is 24. The highest BCUT2D eigenvalue weighted by Crippen LogP contribution is 2.53. The van der Waals surface area contributed by atoms with Gasteiger partial charge in [-0.05, 0) is 24.3 Å². The molecule has 2 aromatic carbocycles. The summed E-state index contributed by atoms with van der Waals surface area (Å²) in [4.78, 5) is 142. The Morgan fingerprint density at radius 3 is 1.51 bits per heavy atom. The van der Waals surface area contributed by atoms with E-state index in [-0.39, 0.29) is 17.1 Å². The van der Waals surface area contributed by atoms with Crippen LogP contribution in [0.2, 0.25) is 0 Å². The van der Waals surface area contributed by atoms with E-state index in [1.807, 2.05) is 0 Å². The summed E-state index contributed by atoms with van der Waals surface area (Å²) in [5.41, 5.74) is -2.76. The van der Waals surface area contributed by atoms with E-state index in [9.17, 15) is 52.7 Å². The number of ether oxygens (including phenoxy) is 12. The molecule has 3 heterocycles. The van der Waals surface area contributed by atoms with Gasteiger partial charge in [0.05, 0.1) is 17.7 Å². The summed E-state index contributed by atoms with van der Waals surface area (Å²) in [6, 6.07) is 6.44. The van der Waals surface area contributed by atoms with Crippen molar-refractivity contribution in [1.29, 1.82) is 0 Å². The molecule has 2 aliphatic heterocycles. The van der Waals surface area contributed by atoms with Crippen molar-refractivity contribution < 1.29 is 109 Å². The van der Waals surface area contributed by atoms with E-state index in [1.165, 1.54) is 31.2 Å². The van der Waals surface area contributed by atoms with Crippen LogP contribution >= 0.6 is 0 Å². The molecule has 0 unspecified atom stereocenters. The highest BCUT2D eigenvalue weighted by Gasteiger charge is 2.56. The molecule has 24 nitrogen and oxygen atoms in total. The molecule has 2 fully saturated rings. The smallest absolute Gasteiger partial charge is 0.308 e. The number of hydrogen-bond donors (Lipinski definition) is 0. The molecule has 0 bridgehead atoms. The van der Waals surface area contributed by atoms with Crippen LogP contribution in [0.4, 0.5) is 0 Å². The van der Waals surface area contributed by atoms with Crippen LogP contribution < -0.4 is 19.6 Å². The second-order valence-electron chi connectivity index (χ2n) is 15.6. The van der Waals surface area contributed by atoms with Gasteiger partial charge in [-0.3, -0.25) is 52.7 Å². The number of fused-ring (bicyclic) bond motifs is 1. The van der Waals surface area contributed by atoms with Crippen LogP contribution in [0.5, 0.6) is 17.2 Å². The normalized spacial score (nSPS) is 22.8. The molecule has 3 aromatic rings. The Morgan fingerprint density at radius 1 is 0.514 bits per heavy atom. The van der Waals surface area contributed by atoms with Crippen molar-refractivity contribution in [3.8, 4) is 28.6 Å². The molecule has 1 aromatic heterocycles. The van der Waals surface area contributed by atoms with Crippen LogP contribution in [0.15, 0.2) is 39.5 Å². The van der Waals surface area contributed by atoms with Crippen molar-refractivity contribution >= 4 is 70.7 Å². The topological polar surface area (TPSA) is 312 Å². The first-order valence-electron chi connectivity index (χ1n) is 21.1. The van der Waals surface area contributed by atoms with E-state index >= 15 is 0 Å². The number of esters is 10.